The molecule has 0 unspecified atom stereocenters. The number of ketones is 2. The van der Waals surface area contributed by atoms with Crippen LogP contribution in [0.25, 0.3) is 0 Å². The topological polar surface area (TPSA) is 362 Å². The number of carboxylic acid groups (broad SMARTS) is 3. The molecule has 26 nitrogen and oxygen atoms in total. The van der Waals surface area contributed by atoms with Gasteiger partial charge in [0, 0.05) is 25.7 Å². The molecule has 13 fully saturated rings. The number of nitrogens with one attached hydrogen (secondary N) is 1. The van der Waals surface area contributed by atoms with E-state index in [0.717, 1.165) is 128 Å². The fourth-order valence-corrected chi connectivity index (χ4v) is 17.3. The minimum atomic E-state index is -5.08. The summed E-state index contributed by atoms with van der Waals surface area (Å²) in [4.78, 5) is 64.7. The summed E-state index contributed by atoms with van der Waals surface area (Å²) in [6.45, 7) is 13.8. The molecule has 5 aromatic rings. The number of H-pyrrole nitrogens is 1. The fourth-order valence-electron chi connectivity index (χ4n) is 17.3. The van der Waals surface area contributed by atoms with Gasteiger partial charge in [0.25, 0.3) is 5.88 Å². The lowest BCUT2D eigenvalue weighted by Crippen LogP contribution is -2.26. The number of hydrogen-bond acceptors (Lipinski definition) is 20. The molecule has 13 aliphatic carbocycles. The molecule has 3 heterocycles. The third-order valence-electron chi connectivity index (χ3n) is 27.3. The number of alkyl halides is 3. The van der Waals surface area contributed by atoms with Gasteiger partial charge in [0.05, 0.1) is 46.1 Å². The zero-order chi connectivity index (χ0) is 86.3. The number of ether oxygens (including phenoxy) is 6. The number of nitrogens with zero attached hydrogens (tertiary/aromatic N) is 8. The minimum Gasteiger partial charge on any atom is -0.497 e. The number of aromatic carboxylic acids is 2. The van der Waals surface area contributed by atoms with Crippen molar-refractivity contribution >= 4 is 35.4 Å². The number of allylic oxidation sites excluding steroid dienone is 1. The molecule has 3 aromatic heterocycles. The van der Waals surface area contributed by atoms with E-state index in [1.54, 1.807) is 51.5 Å². The highest BCUT2D eigenvalue weighted by atomic mass is 19.4. The molecule has 0 aliphatic heterocycles. The van der Waals surface area contributed by atoms with Gasteiger partial charge in [-0.05, 0) is 318 Å². The van der Waals surface area contributed by atoms with Gasteiger partial charge in [0.1, 0.15) is 41.4 Å². The highest BCUT2D eigenvalue weighted by molar-refractivity contribution is 5.90. The van der Waals surface area contributed by atoms with Crippen molar-refractivity contribution in [2.24, 2.45) is 44.8 Å². The maximum absolute atomic E-state index is 12.3. The molecule has 18 rings (SSSR count). The van der Waals surface area contributed by atoms with Crippen LogP contribution >= 0.6 is 0 Å². The molecule has 5 spiro atoms. The number of hydrogen-bond donors (Lipinski definition) is 6. The van der Waals surface area contributed by atoms with Crippen LogP contribution in [0.15, 0.2) is 60.7 Å². The predicted octanol–water partition coefficient (Wildman–Crippen LogP) is 18.7. The van der Waals surface area contributed by atoms with Gasteiger partial charge in [-0.1, -0.05) is 90.8 Å². The van der Waals surface area contributed by atoms with E-state index in [0.29, 0.717) is 72.5 Å². The van der Waals surface area contributed by atoms with Crippen molar-refractivity contribution in [2.75, 3.05) is 20.8 Å². The van der Waals surface area contributed by atoms with Crippen molar-refractivity contribution in [3.05, 3.63) is 88.9 Å². The number of benzene rings is 2. The first-order valence-electron chi connectivity index (χ1n) is 44.4. The van der Waals surface area contributed by atoms with Crippen molar-refractivity contribution in [3.63, 3.8) is 0 Å². The lowest BCUT2D eigenvalue weighted by Gasteiger charge is -2.28. The minimum absolute atomic E-state index is 0.0347. The molecule has 664 valence electrons. The van der Waals surface area contributed by atoms with Gasteiger partial charge in [-0.15, -0.1) is 10.2 Å². The van der Waals surface area contributed by atoms with E-state index in [9.17, 15) is 42.3 Å². The third kappa shape index (κ3) is 30.0. The highest BCUT2D eigenvalue weighted by Gasteiger charge is 2.49. The van der Waals surface area contributed by atoms with Crippen molar-refractivity contribution in [1.82, 2.24) is 45.4 Å². The van der Waals surface area contributed by atoms with Crippen LogP contribution in [-0.2, 0) is 32.2 Å². The smallest absolute Gasteiger partial charge is 0.490 e. The predicted molar refractivity (Wildman–Crippen MR) is 442 cm³/mol. The second-order valence-corrected chi connectivity index (χ2v) is 36.9. The number of carboxylic acids is 3. The second kappa shape index (κ2) is 43.5. The van der Waals surface area contributed by atoms with Crippen molar-refractivity contribution in [2.45, 2.75) is 347 Å². The Balaban J connectivity index is 0.000000150. The molecule has 0 amide bonds. The molecule has 0 atom stereocenters. The van der Waals surface area contributed by atoms with E-state index >= 15 is 0 Å². The molecule has 13 saturated carbocycles. The molecule has 29 heteroatoms. The average molecular weight is 1680 g/mol. The zero-order valence-electron chi connectivity index (χ0n) is 71.6. The van der Waals surface area contributed by atoms with E-state index in [1.165, 1.54) is 152 Å². The Kier molecular flexibility index (Phi) is 34.0. The van der Waals surface area contributed by atoms with Gasteiger partial charge in [0.15, 0.2) is 0 Å². The molecule has 0 bridgehead atoms. The van der Waals surface area contributed by atoms with E-state index in [2.05, 4.69) is 63.4 Å². The number of aromatic nitrogens is 9. The summed E-state index contributed by atoms with van der Waals surface area (Å²) in [7, 11) is 3.26. The van der Waals surface area contributed by atoms with Crippen LogP contribution in [0.3, 0.4) is 0 Å². The van der Waals surface area contributed by atoms with E-state index < -0.39 is 30.1 Å². The standard InChI is InChI=1S/C21H27N3O4.C19H23N3O4.C11H15N3O3.C9H16.C8H14O.C8H14.C7H12O.C6H10O2.C2HF3O2/c1-3-27-20(25)18-19(28-17-8-10-21(11-9-17)12-13-21)24(23-22-18)14-15-4-6-16(26-2)7-5-15;1-25-14-4-2-13(3-5-14)12-22-17(16(18(23)24)20-21-22)26-15-6-8-19(9-7-15)10-11-19;15-10(16)8-9(13-14-12-8)17-7-1-3-11(4-2-7)5-6-11;1-8-2-4-9(5-3-8)6-7-9;9-7-1-3-8(4-2-7)5-6-8;1-7-3-5-8(2)6-4-7;1-6-2-4-7(8)5-3-6;7-5-1-2-6(8)4-3-5;3-2(4,5)1(6)7/h4-7,17H,3,8-14H2,1-2H3;2-5,15H,6-12H2,1H3,(H,23,24);7H,1-6H2,(H,15,16)(H,12,13,14);8H,2-7H2,1H3;7,9H,1-6H2;8H,1,3-6H2,2H3;6H,2-5H2,1H3;5,7H,1-4H2;(H,6,7). The molecule has 2 aromatic carbocycles. The lowest BCUT2D eigenvalue weighted by atomic mass is 9.81. The SMILES string of the molecule is C=C1CCC(C)CC1.CC1CCC(=O)CC1.CC1CCC2(CC1)CC2.CCOC(=O)c1nnn(Cc2ccc(OC)cc2)c1OC1CCC2(CC1)CC2.COc1ccc(Cn2nnc(C(=O)O)c2OC2CCC3(CC2)CC3)cc1.O=C(O)C(F)(F)F.O=C(O)c1[nH]nnc1OC1CCC2(CC1)CC2.O=C1CCC(O)CC1.OC1CCC2(CC1)CC2. The number of aliphatic hydroxyl groups excluding tert-OH is 2. The summed E-state index contributed by atoms with van der Waals surface area (Å²) in [6, 6.07) is 15.3. The molecular weight excluding hydrogens is 1550 g/mol. The van der Waals surface area contributed by atoms with Crippen LogP contribution < -0.4 is 23.7 Å². The number of esters is 1. The summed E-state index contributed by atoms with van der Waals surface area (Å²) in [5, 5.41) is 69.0. The molecule has 6 N–H and O–H groups in total. The van der Waals surface area contributed by atoms with Gasteiger partial charge in [-0.25, -0.2) is 33.6 Å². The van der Waals surface area contributed by atoms with Crippen LogP contribution in [0.5, 0.6) is 29.1 Å². The van der Waals surface area contributed by atoms with E-state index in [1.807, 2.05) is 48.5 Å². The first kappa shape index (κ1) is 93.8. The zero-order valence-corrected chi connectivity index (χ0v) is 71.6. The summed E-state index contributed by atoms with van der Waals surface area (Å²) < 4.78 is 68.4. The van der Waals surface area contributed by atoms with Crippen LogP contribution in [0.1, 0.15) is 340 Å². The Bertz CT molecular complexity index is 3950. The number of carbonyl (C=O) groups excluding carboxylic acids is 3. The van der Waals surface area contributed by atoms with Gasteiger partial charge in [0.2, 0.25) is 28.8 Å². The first-order valence-corrected chi connectivity index (χ1v) is 44.4. The summed E-state index contributed by atoms with van der Waals surface area (Å²) >= 11 is 0. The van der Waals surface area contributed by atoms with Crippen molar-refractivity contribution < 1.29 is 95.9 Å². The van der Waals surface area contributed by atoms with Crippen LogP contribution in [0.4, 0.5) is 13.2 Å². The number of rotatable bonds is 16. The Morgan fingerprint density at radius 3 is 1.13 bits per heavy atom. The summed E-state index contributed by atoms with van der Waals surface area (Å²) in [6.07, 6.45) is 44.7. The van der Waals surface area contributed by atoms with E-state index in [4.69, 9.17) is 53.6 Å². The Hall–Kier alpha value is -8.47. The maximum atomic E-state index is 12.3. The number of Topliss-reactive ketones (excluding diaryl/α,β-unsaturated/α-hetero) is 2. The largest absolute Gasteiger partial charge is 0.497 e. The second-order valence-electron chi connectivity index (χ2n) is 36.9. The Morgan fingerprint density at radius 1 is 0.467 bits per heavy atom. The number of halogens is 3. The van der Waals surface area contributed by atoms with Crippen LogP contribution in [0, 0.1) is 44.8 Å². The molecule has 0 radical (unpaired) electrons. The number of carbonyl (C=O) groups is 6. The Morgan fingerprint density at radius 2 is 0.800 bits per heavy atom. The molecule has 0 saturated heterocycles. The van der Waals surface area contributed by atoms with Crippen LogP contribution in [-0.4, -0.2) is 164 Å². The van der Waals surface area contributed by atoms with Gasteiger partial charge < -0.3 is 54.0 Å². The van der Waals surface area contributed by atoms with Gasteiger partial charge in [-0.2, -0.15) is 13.2 Å². The number of aliphatic hydroxyl groups is 2. The fraction of sp³-hybridized carbons (Fsp3) is 0.714. The molecular formula is C91H132F3N9O17. The van der Waals surface area contributed by atoms with Gasteiger partial charge >= 0.3 is 30.1 Å². The summed E-state index contributed by atoms with van der Waals surface area (Å²) in [5.74, 6) is 0.456. The summed E-state index contributed by atoms with van der Waals surface area (Å²) in [5.41, 5.74) is 6.85. The Labute approximate surface area is 704 Å². The van der Waals surface area contributed by atoms with Crippen molar-refractivity contribution in [1.29, 1.82) is 0 Å². The number of aliphatic carboxylic acids is 1. The average Bonchev–Trinajstić information content (AvgIpc) is 1.25. The first-order chi connectivity index (χ1) is 57.3. The number of aromatic amines is 1. The van der Waals surface area contributed by atoms with E-state index in [-0.39, 0.29) is 66.0 Å². The van der Waals surface area contributed by atoms with Gasteiger partial charge in [-0.3, -0.25) is 9.59 Å². The van der Waals surface area contributed by atoms with Crippen molar-refractivity contribution in [3.8, 4) is 29.1 Å². The normalized spacial score (nSPS) is 23.6. The highest BCUT2D eigenvalue weighted by Crippen LogP contribution is 2.60. The number of methoxy groups -OCH3 is 2. The molecule has 120 heavy (non-hydrogen) atoms. The molecule has 13 aliphatic rings. The quantitative estimate of drug-likeness (QED) is 0.0395. The monoisotopic (exact) mass is 1680 g/mol. The maximum Gasteiger partial charge on any atom is 0.490 e. The lowest BCUT2D eigenvalue weighted by molar-refractivity contribution is -0.192. The van der Waals surface area contributed by atoms with Crippen LogP contribution in [0.2, 0.25) is 0 Å². The third-order valence-corrected chi connectivity index (χ3v) is 27.3.